The van der Waals surface area contributed by atoms with E-state index >= 15 is 0 Å². The third-order valence-electron chi connectivity index (χ3n) is 6.72. The summed E-state index contributed by atoms with van der Waals surface area (Å²) in [4.78, 5) is 28.4. The van der Waals surface area contributed by atoms with Crippen LogP contribution in [0.15, 0.2) is 42.5 Å². The third-order valence-corrected chi connectivity index (χ3v) is 7.84. The van der Waals surface area contributed by atoms with Crippen LogP contribution in [0.5, 0.6) is 5.75 Å². The number of aryl methyl sites for hydroxylation is 2. The van der Waals surface area contributed by atoms with E-state index < -0.39 is 28.5 Å². The number of hydrogen-bond donors (Lipinski definition) is 1. The van der Waals surface area contributed by atoms with Gasteiger partial charge < -0.3 is 15.0 Å². The quantitative estimate of drug-likeness (QED) is 0.522. The van der Waals surface area contributed by atoms with E-state index in [1.807, 2.05) is 50.2 Å². The standard InChI is InChI=1S/C27H37N3O5S/c1-19-10-8-11-20(2)26(19)30(36(5,33)34)18-25(31)29(17-22-12-9-15-24(16-22)35-4)21(3)27(32)28-23-13-6-7-14-23/h8-12,15-16,21,23H,6-7,13-14,17-18H2,1-5H3,(H,28,32)/t21-/m0/s1. The summed E-state index contributed by atoms with van der Waals surface area (Å²) >= 11 is 0. The predicted octanol–water partition coefficient (Wildman–Crippen LogP) is 3.55. The Bertz CT molecular complexity index is 1170. The lowest BCUT2D eigenvalue weighted by Crippen LogP contribution is -2.52. The smallest absolute Gasteiger partial charge is 0.244 e. The third kappa shape index (κ3) is 6.78. The number of amides is 2. The van der Waals surface area contributed by atoms with Crippen molar-refractivity contribution in [1.82, 2.24) is 10.2 Å². The van der Waals surface area contributed by atoms with Crippen molar-refractivity contribution < 1.29 is 22.7 Å². The van der Waals surface area contributed by atoms with Gasteiger partial charge >= 0.3 is 0 Å². The van der Waals surface area contributed by atoms with Crippen molar-refractivity contribution in [2.75, 3.05) is 24.2 Å². The van der Waals surface area contributed by atoms with Gasteiger partial charge in [-0.25, -0.2) is 8.42 Å². The second-order valence-corrected chi connectivity index (χ2v) is 11.5. The Balaban J connectivity index is 1.93. The van der Waals surface area contributed by atoms with E-state index in [4.69, 9.17) is 4.74 Å². The lowest BCUT2D eigenvalue weighted by Gasteiger charge is -2.33. The van der Waals surface area contributed by atoms with Gasteiger partial charge in [0.05, 0.1) is 19.1 Å². The molecule has 1 saturated carbocycles. The molecule has 1 N–H and O–H groups in total. The van der Waals surface area contributed by atoms with E-state index in [0.717, 1.165) is 52.9 Å². The number of hydrogen-bond acceptors (Lipinski definition) is 5. The summed E-state index contributed by atoms with van der Waals surface area (Å²) in [5.74, 6) is -0.0626. The predicted molar refractivity (Wildman–Crippen MR) is 142 cm³/mol. The number of rotatable bonds is 10. The zero-order chi connectivity index (χ0) is 26.5. The molecule has 0 bridgehead atoms. The van der Waals surface area contributed by atoms with E-state index in [1.165, 1.54) is 4.90 Å². The van der Waals surface area contributed by atoms with Crippen LogP contribution in [0.25, 0.3) is 0 Å². The first-order valence-corrected chi connectivity index (χ1v) is 14.1. The van der Waals surface area contributed by atoms with Gasteiger partial charge in [-0.05, 0) is 62.4 Å². The number of benzene rings is 2. The van der Waals surface area contributed by atoms with E-state index in [2.05, 4.69) is 5.32 Å². The number of carbonyl (C=O) groups is 2. The second kappa shape index (κ2) is 11.8. The van der Waals surface area contributed by atoms with E-state index in [9.17, 15) is 18.0 Å². The van der Waals surface area contributed by atoms with Crippen LogP contribution >= 0.6 is 0 Å². The molecular formula is C27H37N3O5S. The van der Waals surface area contributed by atoms with Crippen LogP contribution in [-0.2, 0) is 26.2 Å². The van der Waals surface area contributed by atoms with E-state index in [0.29, 0.717) is 11.4 Å². The molecule has 0 aromatic heterocycles. The normalized spacial score (nSPS) is 14.8. The summed E-state index contributed by atoms with van der Waals surface area (Å²) in [5.41, 5.74) is 2.76. The second-order valence-electron chi connectivity index (χ2n) is 9.55. The molecule has 0 heterocycles. The fourth-order valence-electron chi connectivity index (χ4n) is 4.72. The lowest BCUT2D eigenvalue weighted by atomic mass is 10.1. The number of anilines is 1. The van der Waals surface area contributed by atoms with Crippen LogP contribution in [0.4, 0.5) is 5.69 Å². The lowest BCUT2D eigenvalue weighted by molar-refractivity contribution is -0.139. The molecule has 2 amide bonds. The maximum Gasteiger partial charge on any atom is 0.244 e. The summed E-state index contributed by atoms with van der Waals surface area (Å²) in [5, 5.41) is 3.07. The highest BCUT2D eigenvalue weighted by atomic mass is 32.2. The molecule has 2 aromatic rings. The van der Waals surface area contributed by atoms with Crippen LogP contribution in [-0.4, -0.2) is 57.1 Å². The van der Waals surface area contributed by atoms with Crippen molar-refractivity contribution in [3.8, 4) is 5.75 Å². The molecule has 1 atom stereocenters. The van der Waals surface area contributed by atoms with Gasteiger partial charge in [0.2, 0.25) is 21.8 Å². The summed E-state index contributed by atoms with van der Waals surface area (Å²) in [6.07, 6.45) is 5.10. The number of nitrogens with one attached hydrogen (secondary N) is 1. The van der Waals surface area contributed by atoms with Crippen molar-refractivity contribution in [3.63, 3.8) is 0 Å². The molecule has 3 rings (SSSR count). The van der Waals surface area contributed by atoms with E-state index in [-0.39, 0.29) is 18.5 Å². The number of para-hydroxylation sites is 1. The summed E-state index contributed by atoms with van der Waals surface area (Å²) in [7, 11) is -2.21. The summed E-state index contributed by atoms with van der Waals surface area (Å²) in [6.45, 7) is 5.05. The molecule has 8 nitrogen and oxygen atoms in total. The van der Waals surface area contributed by atoms with Gasteiger partial charge in [0, 0.05) is 12.6 Å². The minimum atomic E-state index is -3.77. The van der Waals surface area contributed by atoms with Gasteiger partial charge in [0.25, 0.3) is 0 Å². The van der Waals surface area contributed by atoms with Crippen LogP contribution in [0, 0.1) is 13.8 Å². The first kappa shape index (κ1) is 27.5. The molecular weight excluding hydrogens is 478 g/mol. The minimum Gasteiger partial charge on any atom is -0.497 e. The van der Waals surface area contributed by atoms with Gasteiger partial charge in [0.1, 0.15) is 18.3 Å². The highest BCUT2D eigenvalue weighted by Crippen LogP contribution is 2.27. The molecule has 1 aliphatic carbocycles. The van der Waals surface area contributed by atoms with Crippen LogP contribution in [0.1, 0.15) is 49.3 Å². The Morgan fingerprint density at radius 2 is 1.69 bits per heavy atom. The highest BCUT2D eigenvalue weighted by molar-refractivity contribution is 7.92. The van der Waals surface area contributed by atoms with Crippen molar-refractivity contribution in [1.29, 1.82) is 0 Å². The topological polar surface area (TPSA) is 96.0 Å². The minimum absolute atomic E-state index is 0.107. The van der Waals surface area contributed by atoms with E-state index in [1.54, 1.807) is 20.1 Å². The fourth-order valence-corrected chi connectivity index (χ4v) is 5.68. The molecule has 0 unspecified atom stereocenters. The number of methoxy groups -OCH3 is 1. The zero-order valence-electron chi connectivity index (χ0n) is 21.8. The molecule has 196 valence electrons. The number of sulfonamides is 1. The maximum atomic E-state index is 13.7. The molecule has 1 aliphatic rings. The number of carbonyl (C=O) groups excluding carboxylic acids is 2. The Morgan fingerprint density at radius 3 is 2.28 bits per heavy atom. The molecule has 36 heavy (non-hydrogen) atoms. The van der Waals surface area contributed by atoms with Gasteiger partial charge in [-0.15, -0.1) is 0 Å². The molecule has 0 spiro atoms. The fraction of sp³-hybridized carbons (Fsp3) is 0.481. The highest BCUT2D eigenvalue weighted by Gasteiger charge is 2.32. The molecule has 9 heteroatoms. The van der Waals surface area contributed by atoms with Gasteiger partial charge in [-0.1, -0.05) is 43.2 Å². The number of nitrogens with zero attached hydrogens (tertiary/aromatic N) is 2. The van der Waals surface area contributed by atoms with Gasteiger partial charge in [-0.2, -0.15) is 0 Å². The molecule has 0 aliphatic heterocycles. The van der Waals surface area contributed by atoms with Crippen molar-refractivity contribution in [3.05, 3.63) is 59.2 Å². The Hall–Kier alpha value is -3.07. The first-order chi connectivity index (χ1) is 17.0. The monoisotopic (exact) mass is 515 g/mol. The molecule has 1 fully saturated rings. The largest absolute Gasteiger partial charge is 0.497 e. The van der Waals surface area contributed by atoms with Gasteiger partial charge in [-0.3, -0.25) is 13.9 Å². The Morgan fingerprint density at radius 1 is 1.08 bits per heavy atom. The van der Waals surface area contributed by atoms with Crippen LogP contribution in [0.3, 0.4) is 0 Å². The Kier molecular flexibility index (Phi) is 9.00. The average Bonchev–Trinajstić information content (AvgIpc) is 3.33. The molecule has 0 saturated heterocycles. The van der Waals surface area contributed by atoms with Crippen LogP contribution in [0.2, 0.25) is 0 Å². The summed E-state index contributed by atoms with van der Waals surface area (Å²) < 4.78 is 32.1. The summed E-state index contributed by atoms with van der Waals surface area (Å²) in [6, 6.07) is 12.1. The molecule has 0 radical (unpaired) electrons. The Labute approximate surface area is 214 Å². The maximum absolute atomic E-state index is 13.7. The first-order valence-electron chi connectivity index (χ1n) is 12.3. The molecule has 2 aromatic carbocycles. The van der Waals surface area contributed by atoms with Gasteiger partial charge in [0.15, 0.2) is 0 Å². The SMILES string of the molecule is COc1cccc(CN(C(=O)CN(c2c(C)cccc2C)S(C)(=O)=O)[C@@H](C)C(=O)NC2CCCC2)c1. The zero-order valence-corrected chi connectivity index (χ0v) is 22.6. The van der Waals surface area contributed by atoms with Crippen molar-refractivity contribution >= 4 is 27.5 Å². The number of ether oxygens (including phenoxy) is 1. The van der Waals surface area contributed by atoms with Crippen LogP contribution < -0.4 is 14.4 Å². The van der Waals surface area contributed by atoms with Crippen molar-refractivity contribution in [2.45, 2.75) is 65.1 Å². The average molecular weight is 516 g/mol. The van der Waals surface area contributed by atoms with Crippen molar-refractivity contribution in [2.24, 2.45) is 0 Å².